The molecule has 206 valence electrons. The Morgan fingerprint density at radius 2 is 1.82 bits per heavy atom. The normalized spacial score (nSPS) is 15.4. The molecule has 0 spiro atoms. The summed E-state index contributed by atoms with van der Waals surface area (Å²) in [6.45, 7) is 3.64. The quantitative estimate of drug-likeness (QED) is 0.158. The maximum atomic E-state index is 11.9. The lowest BCUT2D eigenvalue weighted by atomic mass is 9.90. The van der Waals surface area contributed by atoms with Crippen LogP contribution in [0.15, 0.2) is 78.9 Å². The first-order valence-corrected chi connectivity index (χ1v) is 15.8. The Bertz CT molecular complexity index is 1550. The average Bonchev–Trinajstić information content (AvgIpc) is 3.73. The zero-order chi connectivity index (χ0) is 28.3. The van der Waals surface area contributed by atoms with Crippen molar-refractivity contribution >= 4 is 63.4 Å². The minimum atomic E-state index is -0.916. The van der Waals surface area contributed by atoms with E-state index in [1.54, 1.807) is 11.8 Å². The number of benzene rings is 3. The number of aromatic nitrogens is 1. The topological polar surface area (TPSA) is 70.4 Å². The van der Waals surface area contributed by atoms with Gasteiger partial charge in [-0.2, -0.15) is 11.8 Å². The van der Waals surface area contributed by atoms with Crippen LogP contribution in [0.5, 0.6) is 0 Å². The summed E-state index contributed by atoms with van der Waals surface area (Å²) in [4.78, 5) is 16.7. The number of carboxylic acid groups (broad SMARTS) is 1. The number of fused-ring (bicyclic) bond motifs is 1. The summed E-state index contributed by atoms with van der Waals surface area (Å²) in [5, 5.41) is 21.7. The zero-order valence-corrected chi connectivity index (χ0v) is 25.8. The number of aliphatic hydroxyl groups is 1. The molecule has 0 amide bonds. The smallest absolute Gasteiger partial charge is 0.310 e. The van der Waals surface area contributed by atoms with Gasteiger partial charge in [-0.25, -0.2) is 4.98 Å². The Balaban J connectivity index is 1.38. The van der Waals surface area contributed by atoms with E-state index in [4.69, 9.17) is 4.98 Å². The summed E-state index contributed by atoms with van der Waals surface area (Å²) >= 11 is 4.06. The molecule has 0 radical (unpaired) electrons. The number of aryl methyl sites for hydroxylation is 1. The number of nitrogens with zero attached hydrogens (tertiary/aromatic N) is 1. The van der Waals surface area contributed by atoms with Gasteiger partial charge in [-0.05, 0) is 109 Å². The highest BCUT2D eigenvalue weighted by atomic mass is 127. The molecule has 4 nitrogen and oxygen atoms in total. The number of hydrogen-bond donors (Lipinski definition) is 2. The Morgan fingerprint density at radius 3 is 2.58 bits per heavy atom. The van der Waals surface area contributed by atoms with Crippen LogP contribution in [-0.4, -0.2) is 26.9 Å². The maximum absolute atomic E-state index is 11.9. The summed E-state index contributed by atoms with van der Waals surface area (Å²) in [7, 11) is 0. The van der Waals surface area contributed by atoms with Crippen LogP contribution in [0.1, 0.15) is 66.3 Å². The van der Waals surface area contributed by atoms with Crippen LogP contribution in [0.3, 0.4) is 0 Å². The van der Waals surface area contributed by atoms with E-state index in [0.717, 1.165) is 62.5 Å². The molecular formula is C34H34INO3S. The van der Waals surface area contributed by atoms with Gasteiger partial charge in [0.25, 0.3) is 0 Å². The number of hydrogen-bond acceptors (Lipinski definition) is 4. The van der Waals surface area contributed by atoms with Crippen molar-refractivity contribution in [1.82, 2.24) is 4.98 Å². The molecule has 5 rings (SSSR count). The van der Waals surface area contributed by atoms with Crippen molar-refractivity contribution in [3.63, 3.8) is 0 Å². The molecule has 0 unspecified atom stereocenters. The molecule has 1 atom stereocenters. The van der Waals surface area contributed by atoms with Gasteiger partial charge in [0.15, 0.2) is 0 Å². The largest absolute Gasteiger partial charge is 0.481 e. The number of rotatable bonds is 11. The Kier molecular flexibility index (Phi) is 8.69. The van der Waals surface area contributed by atoms with E-state index in [9.17, 15) is 15.0 Å². The molecule has 1 fully saturated rings. The lowest BCUT2D eigenvalue weighted by Gasteiger charge is -2.24. The van der Waals surface area contributed by atoms with Crippen LogP contribution in [-0.2, 0) is 16.8 Å². The van der Waals surface area contributed by atoms with Crippen molar-refractivity contribution in [1.29, 1.82) is 0 Å². The van der Waals surface area contributed by atoms with Crippen LogP contribution in [0.25, 0.3) is 23.1 Å². The molecule has 1 aromatic heterocycles. The molecule has 40 heavy (non-hydrogen) atoms. The predicted molar refractivity (Wildman–Crippen MR) is 174 cm³/mol. The predicted octanol–water partition coefficient (Wildman–Crippen LogP) is 8.51. The summed E-state index contributed by atoms with van der Waals surface area (Å²) in [5.74, 6) is -0.0691. The number of pyridine rings is 1. The number of thioether (sulfide) groups is 1. The summed E-state index contributed by atoms with van der Waals surface area (Å²) in [6, 6.07) is 27.0. The zero-order valence-electron chi connectivity index (χ0n) is 22.8. The van der Waals surface area contributed by atoms with E-state index >= 15 is 0 Å². The van der Waals surface area contributed by atoms with Gasteiger partial charge in [0.05, 0.1) is 22.2 Å². The standard InChI is InChI=1S/C34H34INO3S/c1-33(2,39)29-9-4-3-7-24(29)13-17-31(40-22-34(18-19-34)32(37)38)26-8-5-6-23(20-26)10-15-28-16-12-25-11-14-27(35)21-30(25)36-28/h3-12,14-16,20-21,31,39H,13,17-19,22H2,1-2H3,(H,37,38)/b15-10+/t31-/m1/s1. The van der Waals surface area contributed by atoms with Gasteiger partial charge in [0, 0.05) is 20.0 Å². The van der Waals surface area contributed by atoms with Crippen LogP contribution in [0.4, 0.5) is 0 Å². The minimum Gasteiger partial charge on any atom is -0.481 e. The van der Waals surface area contributed by atoms with Gasteiger partial charge >= 0.3 is 5.97 Å². The molecule has 1 heterocycles. The molecule has 0 aliphatic heterocycles. The van der Waals surface area contributed by atoms with Crippen LogP contribution >= 0.6 is 34.4 Å². The highest BCUT2D eigenvalue weighted by molar-refractivity contribution is 14.1. The van der Waals surface area contributed by atoms with E-state index < -0.39 is 17.0 Å². The summed E-state index contributed by atoms with van der Waals surface area (Å²) in [5.41, 5.74) is 4.75. The van der Waals surface area contributed by atoms with Gasteiger partial charge < -0.3 is 10.2 Å². The van der Waals surface area contributed by atoms with Crippen LogP contribution in [0, 0.1) is 8.99 Å². The van der Waals surface area contributed by atoms with Crippen molar-refractivity contribution in [3.05, 3.63) is 110 Å². The first-order valence-electron chi connectivity index (χ1n) is 13.6. The van der Waals surface area contributed by atoms with E-state index in [1.807, 2.05) is 44.2 Å². The van der Waals surface area contributed by atoms with Crippen LogP contribution < -0.4 is 0 Å². The third-order valence-corrected chi connectivity index (χ3v) is 9.93. The fourth-order valence-corrected chi connectivity index (χ4v) is 7.07. The van der Waals surface area contributed by atoms with Crippen molar-refractivity contribution in [2.24, 2.45) is 5.41 Å². The minimum absolute atomic E-state index is 0.140. The molecule has 0 bridgehead atoms. The SMILES string of the molecule is CC(C)(O)c1ccccc1CC[C@@H](SCC1(C(=O)O)CC1)c1cccc(/C=C/c2ccc3ccc(I)cc3n2)c1. The van der Waals surface area contributed by atoms with Gasteiger partial charge in [-0.15, -0.1) is 0 Å². The monoisotopic (exact) mass is 663 g/mol. The Labute approximate surface area is 254 Å². The van der Waals surface area contributed by atoms with Crippen molar-refractivity contribution < 1.29 is 15.0 Å². The second-order valence-electron chi connectivity index (χ2n) is 11.2. The van der Waals surface area contributed by atoms with Gasteiger partial charge in [-0.1, -0.05) is 66.7 Å². The average molecular weight is 664 g/mol. The highest BCUT2D eigenvalue weighted by Gasteiger charge is 2.50. The third-order valence-electron chi connectivity index (χ3n) is 7.63. The lowest BCUT2D eigenvalue weighted by molar-refractivity contribution is -0.142. The van der Waals surface area contributed by atoms with Gasteiger partial charge in [0.2, 0.25) is 0 Å². The fourth-order valence-electron chi connectivity index (χ4n) is 5.04. The van der Waals surface area contributed by atoms with Crippen molar-refractivity contribution in [2.75, 3.05) is 5.75 Å². The van der Waals surface area contributed by atoms with E-state index in [2.05, 4.69) is 83.3 Å². The van der Waals surface area contributed by atoms with Crippen molar-refractivity contribution in [2.45, 2.75) is 50.4 Å². The molecule has 1 aliphatic carbocycles. The number of aliphatic carboxylic acids is 1. The number of carbonyl (C=O) groups is 1. The summed E-state index contributed by atoms with van der Waals surface area (Å²) in [6.07, 6.45) is 7.30. The van der Waals surface area contributed by atoms with E-state index in [1.165, 1.54) is 5.56 Å². The van der Waals surface area contributed by atoms with Gasteiger partial charge in [0.1, 0.15) is 0 Å². The third kappa shape index (κ3) is 6.96. The molecule has 4 aromatic rings. The molecule has 0 saturated heterocycles. The number of carboxylic acids is 1. The Hall–Kier alpha value is -2.68. The number of halogens is 1. The van der Waals surface area contributed by atoms with Crippen LogP contribution in [0.2, 0.25) is 0 Å². The lowest BCUT2D eigenvalue weighted by Crippen LogP contribution is -2.19. The fraction of sp³-hybridized carbons (Fsp3) is 0.294. The maximum Gasteiger partial charge on any atom is 0.310 e. The second-order valence-corrected chi connectivity index (χ2v) is 13.7. The highest BCUT2D eigenvalue weighted by Crippen LogP contribution is 2.51. The van der Waals surface area contributed by atoms with E-state index in [-0.39, 0.29) is 5.25 Å². The molecule has 1 aliphatic rings. The summed E-state index contributed by atoms with van der Waals surface area (Å²) < 4.78 is 1.16. The molecule has 2 N–H and O–H groups in total. The molecule has 3 aromatic carbocycles. The Morgan fingerprint density at radius 1 is 1.05 bits per heavy atom. The van der Waals surface area contributed by atoms with Crippen molar-refractivity contribution in [3.8, 4) is 0 Å². The first kappa shape index (κ1) is 28.8. The molecule has 1 saturated carbocycles. The second kappa shape index (κ2) is 12.0. The first-order chi connectivity index (χ1) is 19.1. The molecular weight excluding hydrogens is 629 g/mol. The van der Waals surface area contributed by atoms with Gasteiger partial charge in [-0.3, -0.25) is 4.79 Å². The van der Waals surface area contributed by atoms with E-state index in [0.29, 0.717) is 5.75 Å². The molecule has 6 heteroatoms.